The van der Waals surface area contributed by atoms with E-state index in [2.05, 4.69) is 15.0 Å². The van der Waals surface area contributed by atoms with Gasteiger partial charge >= 0.3 is 0 Å². The van der Waals surface area contributed by atoms with Crippen molar-refractivity contribution in [2.24, 2.45) is 0 Å². The average molecular weight is 196 g/mol. The van der Waals surface area contributed by atoms with Crippen molar-refractivity contribution >= 4 is 22.6 Å². The van der Waals surface area contributed by atoms with Crippen molar-refractivity contribution in [2.45, 2.75) is 20.3 Å². The number of halogens is 1. The molecule has 2 rings (SSSR count). The minimum atomic E-state index is 0.493. The molecule has 0 aliphatic rings. The lowest BCUT2D eigenvalue weighted by Gasteiger charge is -1.93. The summed E-state index contributed by atoms with van der Waals surface area (Å²) in [6.07, 6.45) is 2.62. The Bertz CT molecular complexity index is 408. The zero-order chi connectivity index (χ0) is 9.42. The first-order valence-electron chi connectivity index (χ1n) is 4.22. The molecule has 0 amide bonds. The molecule has 0 saturated heterocycles. The van der Waals surface area contributed by atoms with Crippen LogP contribution in [0.3, 0.4) is 0 Å². The number of H-pyrrole nitrogens is 1. The molecule has 1 N–H and O–H groups in total. The number of pyridine rings is 1. The molecule has 3 nitrogen and oxygen atoms in total. The molecule has 0 radical (unpaired) electrons. The quantitative estimate of drug-likeness (QED) is 0.711. The first-order valence-corrected chi connectivity index (χ1v) is 4.60. The smallest absolute Gasteiger partial charge is 0.154 e. The maximum Gasteiger partial charge on any atom is 0.154 e. The Balaban J connectivity index is 2.80. The summed E-state index contributed by atoms with van der Waals surface area (Å²) < 4.78 is 0. The van der Waals surface area contributed by atoms with Crippen LogP contribution in [0.1, 0.15) is 18.3 Å². The van der Waals surface area contributed by atoms with Gasteiger partial charge in [-0.25, -0.2) is 9.97 Å². The van der Waals surface area contributed by atoms with Gasteiger partial charge in [-0.15, -0.1) is 0 Å². The van der Waals surface area contributed by atoms with E-state index in [0.29, 0.717) is 5.15 Å². The molecule has 0 atom stereocenters. The molecule has 0 aromatic carbocycles. The summed E-state index contributed by atoms with van der Waals surface area (Å²) in [6, 6.07) is 0. The van der Waals surface area contributed by atoms with Crippen LogP contribution in [0.2, 0.25) is 5.15 Å². The van der Waals surface area contributed by atoms with Crippen molar-refractivity contribution in [1.82, 2.24) is 15.0 Å². The number of hydrogen-bond acceptors (Lipinski definition) is 2. The summed E-state index contributed by atoms with van der Waals surface area (Å²) in [7, 11) is 0. The number of aromatic nitrogens is 3. The Hall–Kier alpha value is -1.09. The van der Waals surface area contributed by atoms with Gasteiger partial charge in [0.2, 0.25) is 0 Å². The van der Waals surface area contributed by atoms with Crippen LogP contribution in [0, 0.1) is 6.92 Å². The maximum atomic E-state index is 5.92. The second-order valence-corrected chi connectivity index (χ2v) is 3.35. The molecule has 0 aliphatic heterocycles. The standard InChI is InChI=1S/C9H10ClN3/c1-3-6-12-7-5(2)4-11-9(10)8(7)13-6/h4H,3H2,1-2H3,(H,12,13). The predicted molar refractivity (Wildman–Crippen MR) is 53.0 cm³/mol. The van der Waals surface area contributed by atoms with Crippen LogP contribution >= 0.6 is 11.6 Å². The average Bonchev–Trinajstić information content (AvgIpc) is 2.56. The number of nitrogens with one attached hydrogen (secondary N) is 1. The van der Waals surface area contributed by atoms with E-state index in [-0.39, 0.29) is 0 Å². The van der Waals surface area contributed by atoms with Crippen molar-refractivity contribution in [3.05, 3.63) is 22.7 Å². The zero-order valence-electron chi connectivity index (χ0n) is 7.56. The van der Waals surface area contributed by atoms with E-state index in [4.69, 9.17) is 11.6 Å². The largest absolute Gasteiger partial charge is 0.339 e. The molecule has 4 heteroatoms. The van der Waals surface area contributed by atoms with E-state index in [9.17, 15) is 0 Å². The molecule has 0 bridgehead atoms. The van der Waals surface area contributed by atoms with Gasteiger partial charge in [-0.2, -0.15) is 0 Å². The van der Waals surface area contributed by atoms with E-state index < -0.39 is 0 Å². The van der Waals surface area contributed by atoms with Crippen molar-refractivity contribution in [2.75, 3.05) is 0 Å². The minimum absolute atomic E-state index is 0.493. The third-order valence-corrected chi connectivity index (χ3v) is 2.33. The lowest BCUT2D eigenvalue weighted by molar-refractivity contribution is 1.000. The summed E-state index contributed by atoms with van der Waals surface area (Å²) in [5.74, 6) is 0.952. The van der Waals surface area contributed by atoms with Crippen LogP contribution in [0.15, 0.2) is 6.20 Å². The topological polar surface area (TPSA) is 41.6 Å². The highest BCUT2D eigenvalue weighted by molar-refractivity contribution is 6.33. The molecule has 0 spiro atoms. The monoisotopic (exact) mass is 195 g/mol. The Morgan fingerprint density at radius 2 is 2.31 bits per heavy atom. The summed E-state index contributed by atoms with van der Waals surface area (Å²) in [5, 5.41) is 0.493. The normalized spacial score (nSPS) is 11.0. The molecule has 2 aromatic heterocycles. The number of rotatable bonds is 1. The summed E-state index contributed by atoms with van der Waals surface area (Å²) in [6.45, 7) is 4.03. The molecule has 13 heavy (non-hydrogen) atoms. The van der Waals surface area contributed by atoms with Gasteiger partial charge in [-0.3, -0.25) is 0 Å². The van der Waals surface area contributed by atoms with Crippen molar-refractivity contribution < 1.29 is 0 Å². The molecule has 68 valence electrons. The third kappa shape index (κ3) is 1.29. The van der Waals surface area contributed by atoms with E-state index in [1.807, 2.05) is 13.8 Å². The van der Waals surface area contributed by atoms with E-state index in [0.717, 1.165) is 28.8 Å². The molecule has 0 aliphatic carbocycles. The molecule has 0 saturated carbocycles. The summed E-state index contributed by atoms with van der Waals surface area (Å²) >= 11 is 5.92. The zero-order valence-corrected chi connectivity index (χ0v) is 8.31. The fraction of sp³-hybridized carbons (Fsp3) is 0.333. The van der Waals surface area contributed by atoms with E-state index in [1.54, 1.807) is 6.20 Å². The van der Waals surface area contributed by atoms with E-state index >= 15 is 0 Å². The third-order valence-electron chi connectivity index (χ3n) is 2.04. The van der Waals surface area contributed by atoms with Crippen LogP contribution in [-0.4, -0.2) is 15.0 Å². The van der Waals surface area contributed by atoms with Gasteiger partial charge < -0.3 is 4.98 Å². The summed E-state index contributed by atoms with van der Waals surface area (Å²) in [5.41, 5.74) is 2.82. The van der Waals surface area contributed by atoms with Crippen LogP contribution in [0.4, 0.5) is 0 Å². The number of imidazole rings is 1. The fourth-order valence-electron chi connectivity index (χ4n) is 1.30. The van der Waals surface area contributed by atoms with Crippen molar-refractivity contribution in [3.63, 3.8) is 0 Å². The minimum Gasteiger partial charge on any atom is -0.339 e. The molecular formula is C9H10ClN3. The predicted octanol–water partition coefficient (Wildman–Crippen LogP) is 2.48. The number of aromatic amines is 1. The van der Waals surface area contributed by atoms with Crippen LogP contribution in [0.5, 0.6) is 0 Å². The van der Waals surface area contributed by atoms with Crippen molar-refractivity contribution in [1.29, 1.82) is 0 Å². The SMILES string of the molecule is CCc1nc2c(C)cnc(Cl)c2[nH]1. The van der Waals surface area contributed by atoms with E-state index in [1.165, 1.54) is 0 Å². The van der Waals surface area contributed by atoms with Crippen LogP contribution in [0.25, 0.3) is 11.0 Å². The Morgan fingerprint density at radius 1 is 1.54 bits per heavy atom. The van der Waals surface area contributed by atoms with Crippen LogP contribution in [-0.2, 0) is 6.42 Å². The second-order valence-electron chi connectivity index (χ2n) is 2.99. The number of fused-ring (bicyclic) bond motifs is 1. The maximum absolute atomic E-state index is 5.92. The molecule has 2 heterocycles. The van der Waals surface area contributed by atoms with Gasteiger partial charge in [0, 0.05) is 12.6 Å². The van der Waals surface area contributed by atoms with Gasteiger partial charge in [0.05, 0.1) is 5.52 Å². The molecule has 2 aromatic rings. The highest BCUT2D eigenvalue weighted by Gasteiger charge is 2.07. The van der Waals surface area contributed by atoms with Crippen molar-refractivity contribution in [3.8, 4) is 0 Å². The van der Waals surface area contributed by atoms with Gasteiger partial charge in [-0.1, -0.05) is 18.5 Å². The Labute approximate surface area is 81.2 Å². The summed E-state index contributed by atoms with van der Waals surface area (Å²) in [4.78, 5) is 11.6. The lowest BCUT2D eigenvalue weighted by atomic mass is 10.3. The fourth-order valence-corrected chi connectivity index (χ4v) is 1.49. The number of aryl methyl sites for hydroxylation is 2. The van der Waals surface area contributed by atoms with Crippen LogP contribution < -0.4 is 0 Å². The lowest BCUT2D eigenvalue weighted by Crippen LogP contribution is -1.81. The molecule has 0 fully saturated rings. The first kappa shape index (κ1) is 8.51. The number of hydrogen-bond donors (Lipinski definition) is 1. The van der Waals surface area contributed by atoms with Gasteiger partial charge in [0.1, 0.15) is 11.3 Å². The van der Waals surface area contributed by atoms with Gasteiger partial charge in [0.15, 0.2) is 5.15 Å². The highest BCUT2D eigenvalue weighted by Crippen LogP contribution is 2.21. The van der Waals surface area contributed by atoms with Gasteiger partial charge in [-0.05, 0) is 12.5 Å². The Kier molecular flexibility index (Phi) is 1.96. The molecule has 0 unspecified atom stereocenters. The first-order chi connectivity index (χ1) is 6.22. The second kappa shape index (κ2) is 3.00. The highest BCUT2D eigenvalue weighted by atomic mass is 35.5. The Morgan fingerprint density at radius 3 is 2.92 bits per heavy atom. The van der Waals surface area contributed by atoms with Gasteiger partial charge in [0.25, 0.3) is 0 Å². The molecular weight excluding hydrogens is 186 g/mol. The number of nitrogens with zero attached hydrogens (tertiary/aromatic N) is 2.